The number of hydrogen-bond donors (Lipinski definition) is 1. The van der Waals surface area contributed by atoms with E-state index in [0.717, 1.165) is 27.6 Å². The third kappa shape index (κ3) is 3.60. The van der Waals surface area contributed by atoms with Crippen molar-refractivity contribution in [2.45, 2.75) is 6.92 Å². The number of hydrogen-bond acceptors (Lipinski definition) is 5. The lowest BCUT2D eigenvalue weighted by Gasteiger charge is -2.21. The maximum absolute atomic E-state index is 11.7. The van der Waals surface area contributed by atoms with Crippen molar-refractivity contribution in [3.8, 4) is 11.1 Å². The van der Waals surface area contributed by atoms with Gasteiger partial charge >= 0.3 is 11.9 Å². The second-order valence-corrected chi connectivity index (χ2v) is 6.26. The Bertz CT molecular complexity index is 1030. The van der Waals surface area contributed by atoms with E-state index < -0.39 is 5.97 Å². The summed E-state index contributed by atoms with van der Waals surface area (Å²) in [6.45, 7) is 1.96. The largest absolute Gasteiger partial charge is 0.478 e. The van der Waals surface area contributed by atoms with Crippen LogP contribution in [0.4, 0.5) is 5.82 Å². The highest BCUT2D eigenvalue weighted by molar-refractivity contribution is 6.04. The zero-order chi connectivity index (χ0) is 19.6. The number of pyridine rings is 1. The summed E-state index contributed by atoms with van der Waals surface area (Å²) in [4.78, 5) is 29.5. The minimum Gasteiger partial charge on any atom is -0.478 e. The second-order valence-electron chi connectivity index (χ2n) is 6.26. The molecule has 3 rings (SSSR count). The molecule has 0 aliphatic heterocycles. The Balaban J connectivity index is 2.21. The number of ether oxygens (including phenoxy) is 1. The average Bonchev–Trinajstić information content (AvgIpc) is 2.67. The number of esters is 1. The lowest BCUT2D eigenvalue weighted by Crippen LogP contribution is -2.27. The van der Waals surface area contributed by atoms with Gasteiger partial charge in [-0.2, -0.15) is 0 Å². The molecule has 0 aliphatic rings. The number of nitrogens with zero attached hydrogens (tertiary/aromatic N) is 2. The molecule has 0 fully saturated rings. The topological polar surface area (TPSA) is 79.7 Å². The van der Waals surface area contributed by atoms with Gasteiger partial charge in [-0.3, -0.25) is 4.79 Å². The first kappa shape index (κ1) is 18.4. The minimum absolute atomic E-state index is 0.0841. The zero-order valence-corrected chi connectivity index (χ0v) is 15.4. The molecule has 27 heavy (non-hydrogen) atoms. The van der Waals surface area contributed by atoms with E-state index in [1.165, 1.54) is 7.11 Å². The fourth-order valence-electron chi connectivity index (χ4n) is 3.16. The number of aromatic nitrogens is 1. The Labute approximate surface area is 157 Å². The first-order chi connectivity index (χ1) is 12.9. The lowest BCUT2D eigenvalue weighted by molar-refractivity contribution is -0.138. The highest BCUT2D eigenvalue weighted by atomic mass is 16.5. The summed E-state index contributed by atoms with van der Waals surface area (Å²) >= 11 is 0. The van der Waals surface area contributed by atoms with Crippen LogP contribution in [0.1, 0.15) is 16.1 Å². The SMILES string of the molecule is COC(=O)CN(C)c1nc(C)c(-c2cccc(C(=O)O)c2)c2ccccc12. The van der Waals surface area contributed by atoms with Crippen LogP contribution in [0.15, 0.2) is 48.5 Å². The number of rotatable bonds is 5. The van der Waals surface area contributed by atoms with Crippen molar-refractivity contribution in [2.24, 2.45) is 0 Å². The van der Waals surface area contributed by atoms with E-state index in [9.17, 15) is 14.7 Å². The molecule has 1 N–H and O–H groups in total. The van der Waals surface area contributed by atoms with Crippen molar-refractivity contribution >= 4 is 28.5 Å². The van der Waals surface area contributed by atoms with E-state index >= 15 is 0 Å². The Morgan fingerprint density at radius 3 is 2.48 bits per heavy atom. The smallest absolute Gasteiger partial charge is 0.335 e. The first-order valence-corrected chi connectivity index (χ1v) is 8.43. The highest BCUT2D eigenvalue weighted by Crippen LogP contribution is 2.35. The summed E-state index contributed by atoms with van der Waals surface area (Å²) in [5, 5.41) is 11.1. The summed E-state index contributed by atoms with van der Waals surface area (Å²) in [6.07, 6.45) is 0. The molecular formula is C21H20N2O4. The zero-order valence-electron chi connectivity index (χ0n) is 15.4. The molecule has 0 amide bonds. The van der Waals surface area contributed by atoms with Crippen molar-refractivity contribution in [1.82, 2.24) is 4.98 Å². The van der Waals surface area contributed by atoms with E-state index in [1.54, 1.807) is 30.1 Å². The Hall–Kier alpha value is -3.41. The number of benzene rings is 2. The summed E-state index contributed by atoms with van der Waals surface area (Å²) in [5.41, 5.74) is 2.65. The fraction of sp³-hybridized carbons (Fsp3) is 0.190. The molecule has 6 nitrogen and oxygen atoms in total. The Morgan fingerprint density at radius 1 is 1.11 bits per heavy atom. The molecule has 0 bridgehead atoms. The van der Waals surface area contributed by atoms with Crippen LogP contribution >= 0.6 is 0 Å². The molecule has 0 atom stereocenters. The predicted molar refractivity (Wildman–Crippen MR) is 104 cm³/mol. The van der Waals surface area contributed by atoms with E-state index in [2.05, 4.69) is 0 Å². The van der Waals surface area contributed by atoms with Gasteiger partial charge in [0, 0.05) is 23.7 Å². The van der Waals surface area contributed by atoms with Crippen LogP contribution in [0.5, 0.6) is 0 Å². The molecule has 0 spiro atoms. The number of methoxy groups -OCH3 is 1. The quantitative estimate of drug-likeness (QED) is 0.698. The predicted octanol–water partition coefficient (Wildman–Crippen LogP) is 3.52. The summed E-state index contributed by atoms with van der Waals surface area (Å²) < 4.78 is 4.75. The van der Waals surface area contributed by atoms with Crippen molar-refractivity contribution < 1.29 is 19.4 Å². The number of aromatic carboxylic acids is 1. The first-order valence-electron chi connectivity index (χ1n) is 8.43. The van der Waals surface area contributed by atoms with Gasteiger partial charge in [-0.1, -0.05) is 36.4 Å². The van der Waals surface area contributed by atoms with Gasteiger partial charge in [0.1, 0.15) is 12.4 Å². The monoisotopic (exact) mass is 364 g/mol. The van der Waals surface area contributed by atoms with Crippen LogP contribution in [0.25, 0.3) is 21.9 Å². The molecule has 0 saturated heterocycles. The number of carbonyl (C=O) groups excluding carboxylic acids is 1. The number of carboxylic acid groups (broad SMARTS) is 1. The number of carboxylic acids is 1. The number of likely N-dealkylation sites (N-methyl/N-ethyl adjacent to an activating group) is 1. The van der Waals surface area contributed by atoms with Crippen molar-refractivity contribution in [3.63, 3.8) is 0 Å². The van der Waals surface area contributed by atoms with E-state index in [4.69, 9.17) is 9.72 Å². The van der Waals surface area contributed by atoms with Crippen LogP contribution in [0.3, 0.4) is 0 Å². The van der Waals surface area contributed by atoms with Gasteiger partial charge in [0.05, 0.1) is 12.7 Å². The highest BCUT2D eigenvalue weighted by Gasteiger charge is 2.17. The van der Waals surface area contributed by atoms with Gasteiger partial charge in [-0.25, -0.2) is 9.78 Å². The van der Waals surface area contributed by atoms with Gasteiger partial charge in [-0.05, 0) is 30.0 Å². The third-order valence-electron chi connectivity index (χ3n) is 4.43. The second kappa shape index (κ2) is 7.45. The molecule has 2 aromatic carbocycles. The minimum atomic E-state index is -0.971. The summed E-state index contributed by atoms with van der Waals surface area (Å²) in [6, 6.07) is 14.6. The normalized spacial score (nSPS) is 10.6. The van der Waals surface area contributed by atoms with Crippen LogP contribution in [-0.4, -0.2) is 42.7 Å². The van der Waals surface area contributed by atoms with Crippen LogP contribution in [0.2, 0.25) is 0 Å². The van der Waals surface area contributed by atoms with Crippen LogP contribution < -0.4 is 4.90 Å². The van der Waals surface area contributed by atoms with E-state index in [1.807, 2.05) is 37.3 Å². The van der Waals surface area contributed by atoms with E-state index in [-0.39, 0.29) is 18.1 Å². The summed E-state index contributed by atoms with van der Waals surface area (Å²) in [7, 11) is 3.14. The standard InChI is InChI=1S/C21H20N2O4/c1-13-19(14-7-6-8-15(11-14)21(25)26)16-9-4-5-10-17(16)20(22-13)23(2)12-18(24)27-3/h4-11H,12H2,1-3H3,(H,25,26). The van der Waals surface area contributed by atoms with Gasteiger partial charge < -0.3 is 14.7 Å². The average molecular weight is 364 g/mol. The summed E-state index contributed by atoms with van der Waals surface area (Å²) in [5.74, 6) is -0.646. The maximum atomic E-state index is 11.7. The molecule has 1 aromatic heterocycles. The molecule has 0 saturated carbocycles. The molecule has 3 aromatic rings. The molecule has 0 aliphatic carbocycles. The molecule has 0 unspecified atom stereocenters. The number of carbonyl (C=O) groups is 2. The number of aryl methyl sites for hydroxylation is 1. The molecular weight excluding hydrogens is 344 g/mol. The van der Waals surface area contributed by atoms with Gasteiger partial charge in [-0.15, -0.1) is 0 Å². The van der Waals surface area contributed by atoms with Crippen molar-refractivity contribution in [2.75, 3.05) is 25.6 Å². The molecule has 6 heteroatoms. The lowest BCUT2D eigenvalue weighted by atomic mass is 9.96. The van der Waals surface area contributed by atoms with Gasteiger partial charge in [0.25, 0.3) is 0 Å². The number of fused-ring (bicyclic) bond motifs is 1. The maximum Gasteiger partial charge on any atom is 0.335 e. The molecule has 1 heterocycles. The van der Waals surface area contributed by atoms with Crippen molar-refractivity contribution in [1.29, 1.82) is 0 Å². The van der Waals surface area contributed by atoms with Crippen LogP contribution in [-0.2, 0) is 9.53 Å². The van der Waals surface area contributed by atoms with E-state index in [0.29, 0.717) is 5.82 Å². The van der Waals surface area contributed by atoms with Gasteiger partial charge in [0.15, 0.2) is 0 Å². The Morgan fingerprint density at radius 2 is 1.81 bits per heavy atom. The van der Waals surface area contributed by atoms with Gasteiger partial charge in [0.2, 0.25) is 0 Å². The van der Waals surface area contributed by atoms with Crippen LogP contribution in [0, 0.1) is 6.92 Å². The molecule has 138 valence electrons. The third-order valence-corrected chi connectivity index (χ3v) is 4.43. The van der Waals surface area contributed by atoms with Crippen molar-refractivity contribution in [3.05, 3.63) is 59.8 Å². The fourth-order valence-corrected chi connectivity index (χ4v) is 3.16. The molecule has 0 radical (unpaired) electrons. The number of anilines is 1. The Kier molecular flexibility index (Phi) is 5.07.